The molecule has 0 radical (unpaired) electrons. The number of nitrogens with two attached hydrogens (primary N) is 1. The van der Waals surface area contributed by atoms with Gasteiger partial charge in [0.2, 0.25) is 0 Å². The Bertz CT molecular complexity index is 677. The number of benzene rings is 1. The molecule has 104 valence electrons. The van der Waals surface area contributed by atoms with Gasteiger partial charge in [-0.25, -0.2) is 4.98 Å². The zero-order valence-corrected chi connectivity index (χ0v) is 13.2. The summed E-state index contributed by atoms with van der Waals surface area (Å²) in [6.45, 7) is 0. The zero-order valence-electron chi connectivity index (χ0n) is 10.8. The van der Waals surface area contributed by atoms with Crippen molar-refractivity contribution < 1.29 is 0 Å². The molecule has 1 aromatic carbocycles. The summed E-state index contributed by atoms with van der Waals surface area (Å²) in [5.74, 6) is 5.69. The Labute approximate surface area is 129 Å². The molecule has 0 saturated heterocycles. The molecule has 3 aromatic rings. The number of imidazole rings is 1. The molecule has 3 rings (SSSR count). The van der Waals surface area contributed by atoms with Crippen LogP contribution >= 0.6 is 27.3 Å². The van der Waals surface area contributed by atoms with Gasteiger partial charge in [-0.3, -0.25) is 15.7 Å². The molecule has 0 fully saturated rings. The number of nitrogens with one attached hydrogen (secondary N) is 1. The Hall–Kier alpha value is -1.21. The highest BCUT2D eigenvalue weighted by molar-refractivity contribution is 9.10. The van der Waals surface area contributed by atoms with Gasteiger partial charge in [0.15, 0.2) is 4.96 Å². The second-order valence-electron chi connectivity index (χ2n) is 4.69. The van der Waals surface area contributed by atoms with Crippen molar-refractivity contribution in [2.75, 3.05) is 0 Å². The second kappa shape index (κ2) is 6.05. The lowest BCUT2D eigenvalue weighted by Crippen LogP contribution is -2.38. The van der Waals surface area contributed by atoms with Crippen LogP contribution in [0.5, 0.6) is 0 Å². The lowest BCUT2D eigenvalue weighted by Gasteiger charge is -2.15. The minimum Gasteiger partial charge on any atom is -0.297 e. The van der Waals surface area contributed by atoms with Crippen molar-refractivity contribution in [3.05, 3.63) is 57.8 Å². The van der Waals surface area contributed by atoms with Crippen molar-refractivity contribution >= 4 is 32.2 Å². The first-order valence-corrected chi connectivity index (χ1v) is 8.04. The van der Waals surface area contributed by atoms with E-state index in [1.165, 1.54) is 5.56 Å². The Balaban J connectivity index is 1.74. The predicted molar refractivity (Wildman–Crippen MR) is 85.7 cm³/mol. The van der Waals surface area contributed by atoms with Gasteiger partial charge in [0.1, 0.15) is 0 Å². The summed E-state index contributed by atoms with van der Waals surface area (Å²) in [7, 11) is 0. The quantitative estimate of drug-likeness (QED) is 0.549. The second-order valence-corrected chi connectivity index (χ2v) is 6.42. The molecule has 2 aromatic heterocycles. The summed E-state index contributed by atoms with van der Waals surface area (Å²) in [6, 6.07) is 8.39. The van der Waals surface area contributed by atoms with Gasteiger partial charge in [0.25, 0.3) is 0 Å². The van der Waals surface area contributed by atoms with E-state index >= 15 is 0 Å². The van der Waals surface area contributed by atoms with Crippen molar-refractivity contribution in [3.8, 4) is 0 Å². The molecule has 0 spiro atoms. The van der Waals surface area contributed by atoms with Crippen molar-refractivity contribution in [2.45, 2.75) is 18.9 Å². The van der Waals surface area contributed by atoms with Crippen molar-refractivity contribution in [1.29, 1.82) is 0 Å². The van der Waals surface area contributed by atoms with Crippen LogP contribution in [0.15, 0.2) is 46.5 Å². The van der Waals surface area contributed by atoms with E-state index in [0.29, 0.717) is 0 Å². The first-order valence-electron chi connectivity index (χ1n) is 6.37. The van der Waals surface area contributed by atoms with Gasteiger partial charge >= 0.3 is 0 Å². The third-order valence-electron chi connectivity index (χ3n) is 3.26. The monoisotopic (exact) mass is 350 g/mol. The van der Waals surface area contributed by atoms with E-state index in [9.17, 15) is 0 Å². The van der Waals surface area contributed by atoms with Crippen LogP contribution < -0.4 is 11.3 Å². The van der Waals surface area contributed by atoms with E-state index in [2.05, 4.69) is 44.7 Å². The van der Waals surface area contributed by atoms with Gasteiger partial charge in [-0.15, -0.1) is 11.3 Å². The van der Waals surface area contributed by atoms with E-state index in [4.69, 9.17) is 5.84 Å². The first-order chi connectivity index (χ1) is 9.76. The molecule has 6 heteroatoms. The molecule has 0 aliphatic carbocycles. The van der Waals surface area contributed by atoms with Gasteiger partial charge in [0.05, 0.1) is 5.69 Å². The van der Waals surface area contributed by atoms with Gasteiger partial charge in [-0.05, 0) is 18.1 Å². The van der Waals surface area contributed by atoms with Crippen LogP contribution in [0.4, 0.5) is 0 Å². The molecular formula is C14H15BrN4S. The Morgan fingerprint density at radius 1 is 1.35 bits per heavy atom. The first kappa shape index (κ1) is 13.8. The average Bonchev–Trinajstić information content (AvgIpc) is 3.01. The lowest BCUT2D eigenvalue weighted by atomic mass is 10.0. The van der Waals surface area contributed by atoms with Crippen LogP contribution in [0.2, 0.25) is 0 Å². The molecule has 0 bridgehead atoms. The number of hydrazine groups is 1. The van der Waals surface area contributed by atoms with Gasteiger partial charge in [-0.1, -0.05) is 34.1 Å². The van der Waals surface area contributed by atoms with Crippen LogP contribution in [0, 0.1) is 0 Å². The molecule has 2 heterocycles. The third-order valence-corrected chi connectivity index (χ3v) is 4.80. The SMILES string of the molecule is NNC(Cc1cn2ccsc2n1)Cc1ccccc1Br. The number of thiazole rings is 1. The summed E-state index contributed by atoms with van der Waals surface area (Å²) < 4.78 is 3.16. The number of hydrogen-bond donors (Lipinski definition) is 2. The van der Waals surface area contributed by atoms with Gasteiger partial charge in [0, 0.05) is 34.7 Å². The molecule has 0 aliphatic rings. The maximum absolute atomic E-state index is 5.69. The number of halogens is 1. The van der Waals surface area contributed by atoms with Crippen LogP contribution in [0.1, 0.15) is 11.3 Å². The number of fused-ring (bicyclic) bond motifs is 1. The van der Waals surface area contributed by atoms with Crippen molar-refractivity contribution in [1.82, 2.24) is 14.8 Å². The highest BCUT2D eigenvalue weighted by atomic mass is 79.9. The number of rotatable bonds is 5. The molecule has 0 aliphatic heterocycles. The standard InChI is InChI=1S/C14H15BrN4S/c15-13-4-2-1-3-10(13)7-11(18-16)8-12-9-19-5-6-20-14(19)17-12/h1-6,9,11,18H,7-8,16H2. The molecule has 20 heavy (non-hydrogen) atoms. The van der Waals surface area contributed by atoms with E-state index in [0.717, 1.165) is 28.0 Å². The number of aromatic nitrogens is 2. The average molecular weight is 351 g/mol. The van der Waals surface area contributed by atoms with Crippen molar-refractivity contribution in [2.24, 2.45) is 5.84 Å². The van der Waals surface area contributed by atoms with E-state index in [1.54, 1.807) is 11.3 Å². The summed E-state index contributed by atoms with van der Waals surface area (Å²) in [5.41, 5.74) is 5.20. The predicted octanol–water partition coefficient (Wildman–Crippen LogP) is 2.78. The fourth-order valence-corrected chi connectivity index (χ4v) is 3.41. The number of hydrogen-bond acceptors (Lipinski definition) is 4. The molecule has 3 N–H and O–H groups in total. The summed E-state index contributed by atoms with van der Waals surface area (Å²) >= 11 is 5.22. The fourth-order valence-electron chi connectivity index (χ4n) is 2.25. The van der Waals surface area contributed by atoms with E-state index in [-0.39, 0.29) is 6.04 Å². The zero-order chi connectivity index (χ0) is 13.9. The van der Waals surface area contributed by atoms with Crippen LogP contribution in [-0.2, 0) is 12.8 Å². The Morgan fingerprint density at radius 2 is 2.20 bits per heavy atom. The molecule has 0 amide bonds. The minimum atomic E-state index is 0.165. The summed E-state index contributed by atoms with van der Waals surface area (Å²) in [5, 5.41) is 2.03. The van der Waals surface area contributed by atoms with Crippen molar-refractivity contribution in [3.63, 3.8) is 0 Å². The maximum atomic E-state index is 5.69. The highest BCUT2D eigenvalue weighted by Crippen LogP contribution is 2.19. The van der Waals surface area contributed by atoms with E-state index < -0.39 is 0 Å². The van der Waals surface area contributed by atoms with Gasteiger partial charge in [-0.2, -0.15) is 0 Å². The molecule has 0 saturated carbocycles. The Kier molecular flexibility index (Phi) is 4.16. The van der Waals surface area contributed by atoms with Crippen LogP contribution in [0.3, 0.4) is 0 Å². The molecule has 1 atom stereocenters. The number of nitrogens with zero attached hydrogens (tertiary/aromatic N) is 2. The maximum Gasteiger partial charge on any atom is 0.193 e. The molecular weight excluding hydrogens is 336 g/mol. The van der Waals surface area contributed by atoms with Crippen LogP contribution in [-0.4, -0.2) is 15.4 Å². The van der Waals surface area contributed by atoms with E-state index in [1.807, 2.05) is 28.1 Å². The minimum absolute atomic E-state index is 0.165. The largest absolute Gasteiger partial charge is 0.297 e. The van der Waals surface area contributed by atoms with Crippen LogP contribution in [0.25, 0.3) is 4.96 Å². The fraction of sp³-hybridized carbons (Fsp3) is 0.214. The third kappa shape index (κ3) is 2.93. The smallest absolute Gasteiger partial charge is 0.193 e. The summed E-state index contributed by atoms with van der Waals surface area (Å²) in [6.07, 6.45) is 5.76. The molecule has 1 unspecified atom stereocenters. The highest BCUT2D eigenvalue weighted by Gasteiger charge is 2.13. The van der Waals surface area contributed by atoms with Gasteiger partial charge < -0.3 is 0 Å². The lowest BCUT2D eigenvalue weighted by molar-refractivity contribution is 0.518. The normalized spacial score (nSPS) is 12.9. The molecule has 4 nitrogen and oxygen atoms in total. The Morgan fingerprint density at radius 3 is 2.95 bits per heavy atom. The summed E-state index contributed by atoms with van der Waals surface area (Å²) in [4.78, 5) is 5.62. The topological polar surface area (TPSA) is 55.3 Å².